The molecule has 94 valence electrons. The summed E-state index contributed by atoms with van der Waals surface area (Å²) in [4.78, 5) is 10.6. The van der Waals surface area contributed by atoms with E-state index in [4.69, 9.17) is 15.9 Å². The fraction of sp³-hybridized carbons (Fsp3) is 0.300. The van der Waals surface area contributed by atoms with Gasteiger partial charge in [-0.05, 0) is 17.7 Å². The first kappa shape index (κ1) is 13.3. The Morgan fingerprint density at radius 1 is 1.24 bits per heavy atom. The molecule has 1 atom stereocenters. The maximum atomic E-state index is 12.6. The molecule has 0 aliphatic rings. The molecule has 0 aliphatic heterocycles. The molecule has 0 saturated carbocycles. The number of carbonyl (C=O) groups is 1. The van der Waals surface area contributed by atoms with Gasteiger partial charge in [-0.25, -0.2) is 4.79 Å². The van der Waals surface area contributed by atoms with Crippen molar-refractivity contribution in [3.8, 4) is 5.75 Å². The van der Waals surface area contributed by atoms with E-state index in [9.17, 15) is 18.0 Å². The topological polar surface area (TPSA) is 83.5 Å². The second kappa shape index (κ2) is 4.25. The van der Waals surface area contributed by atoms with Crippen molar-refractivity contribution < 1.29 is 28.2 Å². The number of halogens is 3. The average Bonchev–Trinajstić information content (AvgIpc) is 2.19. The predicted molar refractivity (Wildman–Crippen MR) is 52.4 cm³/mol. The molecular weight excluding hydrogens is 239 g/mol. The molecule has 1 aromatic rings. The number of hydrogen-bond acceptors (Lipinski definition) is 3. The minimum Gasteiger partial charge on any atom is -0.508 e. The molecule has 7 heteroatoms. The molecule has 0 amide bonds. The van der Waals surface area contributed by atoms with E-state index in [1.165, 1.54) is 12.1 Å². The first-order chi connectivity index (χ1) is 7.67. The maximum absolute atomic E-state index is 12.6. The van der Waals surface area contributed by atoms with E-state index in [0.29, 0.717) is 0 Å². The third-order valence-corrected chi connectivity index (χ3v) is 2.31. The molecule has 0 aliphatic carbocycles. The van der Waals surface area contributed by atoms with Gasteiger partial charge < -0.3 is 15.9 Å². The molecule has 0 saturated heterocycles. The van der Waals surface area contributed by atoms with Crippen LogP contribution in [0.2, 0.25) is 0 Å². The summed E-state index contributed by atoms with van der Waals surface area (Å²) in [6, 6.07) is 4.69. The highest BCUT2D eigenvalue weighted by atomic mass is 19.4. The van der Waals surface area contributed by atoms with Crippen molar-refractivity contribution in [1.29, 1.82) is 0 Å². The van der Waals surface area contributed by atoms with Crippen LogP contribution in [0.4, 0.5) is 13.2 Å². The lowest BCUT2D eigenvalue weighted by atomic mass is 9.91. The molecule has 0 bridgehead atoms. The van der Waals surface area contributed by atoms with Gasteiger partial charge >= 0.3 is 12.1 Å². The summed E-state index contributed by atoms with van der Waals surface area (Å²) in [7, 11) is 0. The number of nitrogens with two attached hydrogens (primary N) is 1. The molecule has 1 rings (SSSR count). The van der Waals surface area contributed by atoms with E-state index in [0.717, 1.165) is 12.1 Å². The van der Waals surface area contributed by atoms with Crippen molar-refractivity contribution in [2.24, 2.45) is 5.73 Å². The lowest BCUT2D eigenvalue weighted by Gasteiger charge is -2.27. The van der Waals surface area contributed by atoms with Crippen LogP contribution >= 0.6 is 0 Å². The minimum atomic E-state index is -5.06. The van der Waals surface area contributed by atoms with Crippen LogP contribution in [-0.2, 0) is 11.2 Å². The van der Waals surface area contributed by atoms with Crippen LogP contribution in [0.3, 0.4) is 0 Å². The summed E-state index contributed by atoms with van der Waals surface area (Å²) in [5.41, 5.74) is 1.65. The van der Waals surface area contributed by atoms with E-state index in [1.54, 1.807) is 0 Å². The van der Waals surface area contributed by atoms with Gasteiger partial charge in [0.15, 0.2) is 0 Å². The number of rotatable bonds is 3. The van der Waals surface area contributed by atoms with Crippen LogP contribution in [0, 0.1) is 0 Å². The van der Waals surface area contributed by atoms with Gasteiger partial charge in [0, 0.05) is 6.42 Å². The van der Waals surface area contributed by atoms with Crippen molar-refractivity contribution >= 4 is 5.97 Å². The fourth-order valence-electron chi connectivity index (χ4n) is 1.23. The largest absolute Gasteiger partial charge is 0.508 e. The Labute approximate surface area is 94.5 Å². The number of phenolic OH excluding ortho intramolecular Hbond substituents is 1. The van der Waals surface area contributed by atoms with E-state index >= 15 is 0 Å². The van der Waals surface area contributed by atoms with Crippen LogP contribution in [-0.4, -0.2) is 27.9 Å². The Bertz CT molecular complexity index is 416. The summed E-state index contributed by atoms with van der Waals surface area (Å²) in [5.74, 6) is -2.27. The van der Waals surface area contributed by atoms with Crippen molar-refractivity contribution in [3.05, 3.63) is 29.8 Å². The molecule has 0 fully saturated rings. The fourth-order valence-corrected chi connectivity index (χ4v) is 1.23. The summed E-state index contributed by atoms with van der Waals surface area (Å²) in [6.07, 6.45) is -5.96. The van der Waals surface area contributed by atoms with Gasteiger partial charge in [0.25, 0.3) is 0 Å². The molecule has 0 spiro atoms. The Morgan fingerprint density at radius 3 is 2.06 bits per heavy atom. The summed E-state index contributed by atoms with van der Waals surface area (Å²) >= 11 is 0. The van der Waals surface area contributed by atoms with Crippen molar-refractivity contribution in [2.45, 2.75) is 18.1 Å². The Kier molecular flexibility index (Phi) is 3.33. The van der Waals surface area contributed by atoms with Gasteiger partial charge in [0.2, 0.25) is 5.54 Å². The zero-order valence-electron chi connectivity index (χ0n) is 8.53. The molecule has 0 aromatic heterocycles. The number of carboxylic acids is 1. The van der Waals surface area contributed by atoms with Crippen LogP contribution in [0.15, 0.2) is 24.3 Å². The molecular formula is C10H10F3NO3. The lowest BCUT2D eigenvalue weighted by Crippen LogP contribution is -2.61. The van der Waals surface area contributed by atoms with Gasteiger partial charge in [0.1, 0.15) is 5.75 Å². The zero-order valence-corrected chi connectivity index (χ0v) is 8.53. The number of alkyl halides is 3. The quantitative estimate of drug-likeness (QED) is 0.753. The summed E-state index contributed by atoms with van der Waals surface area (Å²) < 4.78 is 37.7. The molecule has 0 heterocycles. The third-order valence-electron chi connectivity index (χ3n) is 2.31. The second-order valence-corrected chi connectivity index (χ2v) is 3.62. The number of benzene rings is 1. The zero-order chi connectivity index (χ0) is 13.3. The third kappa shape index (κ3) is 2.68. The van der Waals surface area contributed by atoms with Crippen LogP contribution in [0.25, 0.3) is 0 Å². The van der Waals surface area contributed by atoms with Crippen molar-refractivity contribution in [1.82, 2.24) is 0 Å². The first-order valence-corrected chi connectivity index (χ1v) is 4.54. The van der Waals surface area contributed by atoms with Crippen molar-refractivity contribution in [2.75, 3.05) is 0 Å². The maximum Gasteiger partial charge on any atom is 0.417 e. The van der Waals surface area contributed by atoms with Crippen LogP contribution < -0.4 is 5.73 Å². The monoisotopic (exact) mass is 249 g/mol. The van der Waals surface area contributed by atoms with Gasteiger partial charge in [-0.3, -0.25) is 0 Å². The molecule has 17 heavy (non-hydrogen) atoms. The molecule has 4 N–H and O–H groups in total. The smallest absolute Gasteiger partial charge is 0.417 e. The molecule has 0 radical (unpaired) electrons. The van der Waals surface area contributed by atoms with Gasteiger partial charge in [0.05, 0.1) is 0 Å². The molecule has 1 unspecified atom stereocenters. The lowest BCUT2D eigenvalue weighted by molar-refractivity contribution is -0.201. The first-order valence-electron chi connectivity index (χ1n) is 4.54. The number of carboxylic acid groups (broad SMARTS) is 1. The van der Waals surface area contributed by atoms with Crippen molar-refractivity contribution in [3.63, 3.8) is 0 Å². The Hall–Kier alpha value is -1.76. The highest BCUT2D eigenvalue weighted by Crippen LogP contribution is 2.31. The Morgan fingerprint density at radius 2 is 1.71 bits per heavy atom. The van der Waals surface area contributed by atoms with E-state index in [2.05, 4.69) is 0 Å². The van der Waals surface area contributed by atoms with Gasteiger partial charge in [-0.1, -0.05) is 12.1 Å². The summed E-state index contributed by atoms with van der Waals surface area (Å²) in [6.45, 7) is 0. The van der Waals surface area contributed by atoms with Gasteiger partial charge in [-0.15, -0.1) is 0 Å². The van der Waals surface area contributed by atoms with Gasteiger partial charge in [-0.2, -0.15) is 13.2 Å². The highest BCUT2D eigenvalue weighted by Gasteiger charge is 2.58. The van der Waals surface area contributed by atoms with Crippen LogP contribution in [0.1, 0.15) is 5.56 Å². The Balaban J connectivity index is 3.04. The highest BCUT2D eigenvalue weighted by molar-refractivity contribution is 5.80. The average molecular weight is 249 g/mol. The molecule has 4 nitrogen and oxygen atoms in total. The van der Waals surface area contributed by atoms with E-state index in [-0.39, 0.29) is 11.3 Å². The van der Waals surface area contributed by atoms with E-state index < -0.39 is 24.1 Å². The van der Waals surface area contributed by atoms with Crippen LogP contribution in [0.5, 0.6) is 5.75 Å². The minimum absolute atomic E-state index is 0.0741. The SMILES string of the molecule is NC(Cc1ccc(O)cc1)(C(=O)O)C(F)(F)F. The normalized spacial score (nSPS) is 15.3. The summed E-state index contributed by atoms with van der Waals surface area (Å²) in [5, 5.41) is 17.5. The number of aromatic hydroxyl groups is 1. The number of phenols is 1. The number of hydrogen-bond donors (Lipinski definition) is 3. The second-order valence-electron chi connectivity index (χ2n) is 3.62. The number of aliphatic carboxylic acids is 1. The van der Waals surface area contributed by atoms with E-state index in [1.807, 2.05) is 0 Å². The predicted octanol–water partition coefficient (Wildman–Crippen LogP) is 1.28. The molecule has 1 aromatic carbocycles. The standard InChI is InChI=1S/C10H10F3NO3/c11-10(12,13)9(14,8(16)17)5-6-1-3-7(15)4-2-6/h1-4,15H,5,14H2,(H,16,17).